The van der Waals surface area contributed by atoms with Crippen LogP contribution in [0.3, 0.4) is 0 Å². The van der Waals surface area contributed by atoms with Crippen molar-refractivity contribution in [2.75, 3.05) is 6.54 Å². The van der Waals surface area contributed by atoms with Crippen molar-refractivity contribution in [3.05, 3.63) is 71.8 Å². The molecule has 3 rings (SSSR count). The third-order valence-electron chi connectivity index (χ3n) is 4.57. The minimum atomic E-state index is -1.18. The highest BCUT2D eigenvalue weighted by atomic mass is 16.3. The van der Waals surface area contributed by atoms with E-state index in [2.05, 4.69) is 5.32 Å². The number of benzene rings is 2. The van der Waals surface area contributed by atoms with Crippen LogP contribution in [0.2, 0.25) is 0 Å². The van der Waals surface area contributed by atoms with Crippen LogP contribution in [-0.4, -0.2) is 22.7 Å². The third-order valence-corrected chi connectivity index (χ3v) is 4.57. The van der Waals surface area contributed by atoms with Crippen molar-refractivity contribution in [1.82, 2.24) is 5.32 Å². The van der Waals surface area contributed by atoms with Gasteiger partial charge in [-0.1, -0.05) is 60.7 Å². The minimum Gasteiger partial charge on any atom is -0.388 e. The van der Waals surface area contributed by atoms with Crippen LogP contribution in [0, 0.1) is 5.41 Å². The number of hydrogen-bond donors (Lipinski definition) is 3. The second-order valence-corrected chi connectivity index (χ2v) is 6.21. The van der Waals surface area contributed by atoms with Crippen molar-refractivity contribution >= 4 is 5.91 Å². The number of aliphatic hydroxyl groups is 2. The van der Waals surface area contributed by atoms with Crippen LogP contribution in [0.1, 0.15) is 36.2 Å². The second-order valence-electron chi connectivity index (χ2n) is 6.21. The summed E-state index contributed by atoms with van der Waals surface area (Å²) in [6.45, 7) is 0.367. The van der Waals surface area contributed by atoms with E-state index in [-0.39, 0.29) is 5.41 Å². The molecule has 0 saturated heterocycles. The van der Waals surface area contributed by atoms with Gasteiger partial charge in [-0.2, -0.15) is 0 Å². The molecule has 0 bridgehead atoms. The summed E-state index contributed by atoms with van der Waals surface area (Å²) < 4.78 is 0. The first-order valence-corrected chi connectivity index (χ1v) is 7.86. The normalized spacial score (nSPS) is 18.0. The van der Waals surface area contributed by atoms with Crippen LogP contribution in [0.5, 0.6) is 0 Å². The highest BCUT2D eigenvalue weighted by Crippen LogP contribution is 2.54. The van der Waals surface area contributed by atoms with Gasteiger partial charge in [0.2, 0.25) is 0 Å². The maximum Gasteiger partial charge on any atom is 0.253 e. The Hall–Kier alpha value is -2.17. The van der Waals surface area contributed by atoms with Gasteiger partial charge in [-0.05, 0) is 24.0 Å². The van der Waals surface area contributed by atoms with Gasteiger partial charge in [-0.25, -0.2) is 0 Å². The SMILES string of the molecule is O=C(NCC1(C(O)c2ccccc2)CC1)[C@@H](O)c1ccccc1. The van der Waals surface area contributed by atoms with Crippen LogP contribution in [0.15, 0.2) is 60.7 Å². The average Bonchev–Trinajstić information content (AvgIpc) is 3.41. The number of aliphatic hydroxyl groups excluding tert-OH is 2. The second kappa shape index (κ2) is 6.52. The fourth-order valence-electron chi connectivity index (χ4n) is 2.84. The minimum absolute atomic E-state index is 0.312. The van der Waals surface area contributed by atoms with Crippen LogP contribution in [0.4, 0.5) is 0 Å². The van der Waals surface area contributed by atoms with Gasteiger partial charge in [-0.15, -0.1) is 0 Å². The molecule has 3 N–H and O–H groups in total. The molecule has 1 unspecified atom stereocenters. The first-order chi connectivity index (χ1) is 11.1. The molecule has 4 heteroatoms. The molecule has 0 spiro atoms. The first kappa shape index (κ1) is 15.7. The van der Waals surface area contributed by atoms with Crippen LogP contribution >= 0.6 is 0 Å². The molecule has 0 heterocycles. The molecule has 2 aromatic rings. The molecule has 0 aliphatic heterocycles. The molecule has 0 aromatic heterocycles. The van der Waals surface area contributed by atoms with Crippen molar-refractivity contribution < 1.29 is 15.0 Å². The van der Waals surface area contributed by atoms with Crippen LogP contribution in [-0.2, 0) is 4.79 Å². The predicted molar refractivity (Wildman–Crippen MR) is 87.5 cm³/mol. The molecule has 23 heavy (non-hydrogen) atoms. The van der Waals surface area contributed by atoms with E-state index in [9.17, 15) is 15.0 Å². The lowest BCUT2D eigenvalue weighted by Gasteiger charge is -2.23. The molecular formula is C19H21NO3. The first-order valence-electron chi connectivity index (χ1n) is 7.86. The average molecular weight is 311 g/mol. The smallest absolute Gasteiger partial charge is 0.253 e. The summed E-state index contributed by atoms with van der Waals surface area (Å²) in [5.74, 6) is -0.428. The van der Waals surface area contributed by atoms with E-state index in [0.717, 1.165) is 18.4 Å². The maximum absolute atomic E-state index is 12.1. The Kier molecular flexibility index (Phi) is 4.46. The summed E-state index contributed by atoms with van der Waals surface area (Å²) in [6.07, 6.45) is -0.0473. The molecule has 1 fully saturated rings. The van der Waals surface area contributed by atoms with E-state index in [1.54, 1.807) is 24.3 Å². The topological polar surface area (TPSA) is 69.6 Å². The number of hydrogen-bond acceptors (Lipinski definition) is 3. The molecule has 1 amide bonds. The van der Waals surface area contributed by atoms with Crippen LogP contribution in [0.25, 0.3) is 0 Å². The fourth-order valence-corrected chi connectivity index (χ4v) is 2.84. The monoisotopic (exact) mass is 311 g/mol. The van der Waals surface area contributed by atoms with Crippen molar-refractivity contribution in [1.29, 1.82) is 0 Å². The summed E-state index contributed by atoms with van der Waals surface area (Å²) in [7, 11) is 0. The lowest BCUT2D eigenvalue weighted by Crippen LogP contribution is -2.36. The highest BCUT2D eigenvalue weighted by molar-refractivity contribution is 5.81. The Morgan fingerprint density at radius 2 is 1.48 bits per heavy atom. The van der Waals surface area contributed by atoms with E-state index in [1.165, 1.54) is 0 Å². The Morgan fingerprint density at radius 3 is 2.00 bits per heavy atom. The van der Waals surface area contributed by atoms with Gasteiger partial charge >= 0.3 is 0 Å². The van der Waals surface area contributed by atoms with Crippen LogP contribution < -0.4 is 5.32 Å². The molecule has 0 radical (unpaired) electrons. The number of carbonyl (C=O) groups is 1. The molecule has 2 atom stereocenters. The van der Waals surface area contributed by atoms with Crippen molar-refractivity contribution in [3.8, 4) is 0 Å². The van der Waals surface area contributed by atoms with Crippen molar-refractivity contribution in [2.45, 2.75) is 25.0 Å². The van der Waals surface area contributed by atoms with Crippen molar-refractivity contribution in [2.24, 2.45) is 5.41 Å². The highest BCUT2D eigenvalue weighted by Gasteiger charge is 2.49. The van der Waals surface area contributed by atoms with Gasteiger partial charge in [0.15, 0.2) is 6.10 Å². The van der Waals surface area contributed by atoms with E-state index in [4.69, 9.17) is 0 Å². The molecule has 120 valence electrons. The van der Waals surface area contributed by atoms with Gasteiger partial charge in [0.1, 0.15) is 0 Å². The number of carbonyl (C=O) groups excluding carboxylic acids is 1. The zero-order valence-corrected chi connectivity index (χ0v) is 12.9. The maximum atomic E-state index is 12.1. The zero-order valence-electron chi connectivity index (χ0n) is 12.9. The lowest BCUT2D eigenvalue weighted by atomic mass is 9.92. The Bertz CT molecular complexity index is 653. The molecular weight excluding hydrogens is 290 g/mol. The Balaban J connectivity index is 1.60. The van der Waals surface area contributed by atoms with Gasteiger partial charge in [0.05, 0.1) is 6.10 Å². The Morgan fingerprint density at radius 1 is 0.957 bits per heavy atom. The fraction of sp³-hybridized carbons (Fsp3) is 0.316. The summed E-state index contributed by atoms with van der Waals surface area (Å²) in [5.41, 5.74) is 1.12. The molecule has 4 nitrogen and oxygen atoms in total. The van der Waals surface area contributed by atoms with E-state index in [1.807, 2.05) is 36.4 Å². The third kappa shape index (κ3) is 3.44. The van der Waals surface area contributed by atoms with E-state index < -0.39 is 18.1 Å². The largest absolute Gasteiger partial charge is 0.388 e. The number of rotatable bonds is 6. The number of nitrogens with one attached hydrogen (secondary N) is 1. The van der Waals surface area contributed by atoms with Gasteiger partial charge in [0.25, 0.3) is 5.91 Å². The molecule has 2 aromatic carbocycles. The van der Waals surface area contributed by atoms with Gasteiger partial charge in [0, 0.05) is 12.0 Å². The van der Waals surface area contributed by atoms with E-state index in [0.29, 0.717) is 12.1 Å². The zero-order chi connectivity index (χ0) is 16.3. The summed E-state index contributed by atoms with van der Waals surface area (Å²) in [5, 5.41) is 23.4. The van der Waals surface area contributed by atoms with Crippen molar-refractivity contribution in [3.63, 3.8) is 0 Å². The molecule has 1 saturated carbocycles. The number of amides is 1. The summed E-state index contributed by atoms with van der Waals surface area (Å²) in [6, 6.07) is 18.3. The summed E-state index contributed by atoms with van der Waals surface area (Å²) in [4.78, 5) is 12.1. The molecule has 1 aliphatic carbocycles. The Labute approximate surface area is 135 Å². The predicted octanol–water partition coefficient (Wildman–Crippen LogP) is 2.35. The standard InChI is InChI=1S/C19H21NO3/c21-16(14-7-3-1-4-8-14)18(23)20-13-19(11-12-19)17(22)15-9-5-2-6-10-15/h1-10,16-17,21-22H,11-13H2,(H,20,23)/t16-,17?/m0/s1. The quantitative estimate of drug-likeness (QED) is 0.767. The van der Waals surface area contributed by atoms with Gasteiger partial charge < -0.3 is 15.5 Å². The lowest BCUT2D eigenvalue weighted by molar-refractivity contribution is -0.130. The van der Waals surface area contributed by atoms with Gasteiger partial charge in [-0.3, -0.25) is 4.79 Å². The summed E-state index contributed by atoms with van der Waals surface area (Å²) >= 11 is 0. The molecule has 1 aliphatic rings. The van der Waals surface area contributed by atoms with E-state index >= 15 is 0 Å².